The number of carbonyl (C=O) groups excluding carboxylic acids is 2. The molecule has 90 valence electrons. The standard InChI is InChI=1S/C13H14O4/c1-3-17-13(16)12(9(2)14)8-10-5-4-6-11(15)7-10/h4-8,15H,3H2,1-2H3. The number of carbonyl (C=O) groups is 2. The summed E-state index contributed by atoms with van der Waals surface area (Å²) >= 11 is 0. The number of ether oxygens (including phenoxy) is 1. The third-order valence-electron chi connectivity index (χ3n) is 2.06. The zero-order chi connectivity index (χ0) is 12.8. The lowest BCUT2D eigenvalue weighted by molar-refractivity contribution is -0.139. The molecule has 0 amide bonds. The molecule has 1 aromatic rings. The molecule has 0 bridgehead atoms. The van der Waals surface area contributed by atoms with Gasteiger partial charge >= 0.3 is 5.97 Å². The van der Waals surface area contributed by atoms with E-state index in [0.717, 1.165) is 0 Å². The molecule has 4 heteroatoms. The quantitative estimate of drug-likeness (QED) is 0.374. The predicted molar refractivity (Wildman–Crippen MR) is 63.4 cm³/mol. The fourth-order valence-corrected chi connectivity index (χ4v) is 1.29. The first-order valence-corrected chi connectivity index (χ1v) is 5.23. The van der Waals surface area contributed by atoms with E-state index in [-0.39, 0.29) is 23.7 Å². The van der Waals surface area contributed by atoms with Crippen LogP contribution in [0.2, 0.25) is 0 Å². The number of phenolic OH excluding ortho intramolecular Hbond substituents is 1. The van der Waals surface area contributed by atoms with Crippen molar-refractivity contribution in [2.75, 3.05) is 6.61 Å². The third-order valence-corrected chi connectivity index (χ3v) is 2.06. The first-order valence-electron chi connectivity index (χ1n) is 5.23. The molecule has 0 aliphatic rings. The van der Waals surface area contributed by atoms with Crippen LogP contribution < -0.4 is 0 Å². The maximum atomic E-state index is 11.5. The van der Waals surface area contributed by atoms with Crippen molar-refractivity contribution < 1.29 is 19.4 Å². The van der Waals surface area contributed by atoms with Crippen molar-refractivity contribution in [2.45, 2.75) is 13.8 Å². The lowest BCUT2D eigenvalue weighted by atomic mass is 10.1. The summed E-state index contributed by atoms with van der Waals surface area (Å²) in [6, 6.07) is 6.28. The van der Waals surface area contributed by atoms with E-state index < -0.39 is 5.97 Å². The highest BCUT2D eigenvalue weighted by atomic mass is 16.5. The number of aromatic hydroxyl groups is 1. The molecule has 0 saturated carbocycles. The molecule has 1 rings (SSSR count). The van der Waals surface area contributed by atoms with E-state index in [0.29, 0.717) is 5.56 Å². The SMILES string of the molecule is CCOC(=O)C(=Cc1cccc(O)c1)C(C)=O. The molecule has 0 spiro atoms. The Morgan fingerprint density at radius 2 is 2.12 bits per heavy atom. The molecule has 0 atom stereocenters. The summed E-state index contributed by atoms with van der Waals surface area (Å²) in [5.74, 6) is -0.944. The van der Waals surface area contributed by atoms with E-state index in [1.54, 1.807) is 19.1 Å². The molecule has 0 heterocycles. The van der Waals surface area contributed by atoms with Crippen molar-refractivity contribution in [3.05, 3.63) is 35.4 Å². The fraction of sp³-hybridized carbons (Fsp3) is 0.231. The Balaban J connectivity index is 3.06. The predicted octanol–water partition coefficient (Wildman–Crippen LogP) is 1.93. The Kier molecular flexibility index (Phi) is 4.46. The largest absolute Gasteiger partial charge is 0.508 e. The van der Waals surface area contributed by atoms with Crippen molar-refractivity contribution in [1.82, 2.24) is 0 Å². The van der Waals surface area contributed by atoms with Crippen LogP contribution in [-0.4, -0.2) is 23.5 Å². The molecular formula is C13H14O4. The van der Waals surface area contributed by atoms with Crippen molar-refractivity contribution in [3.63, 3.8) is 0 Å². The Morgan fingerprint density at radius 1 is 1.41 bits per heavy atom. The smallest absolute Gasteiger partial charge is 0.341 e. The van der Waals surface area contributed by atoms with Crippen molar-refractivity contribution >= 4 is 17.8 Å². The Bertz CT molecular complexity index is 460. The van der Waals surface area contributed by atoms with Gasteiger partial charge in [0.1, 0.15) is 11.3 Å². The molecule has 1 N–H and O–H groups in total. The first-order chi connectivity index (χ1) is 8.04. The van der Waals surface area contributed by atoms with Crippen LogP contribution in [0, 0.1) is 0 Å². The number of Topliss-reactive ketones (excluding diaryl/α,β-unsaturated/α-hetero) is 1. The summed E-state index contributed by atoms with van der Waals surface area (Å²) in [5, 5.41) is 9.28. The molecule has 0 radical (unpaired) electrons. The average molecular weight is 234 g/mol. The highest BCUT2D eigenvalue weighted by Gasteiger charge is 2.15. The highest BCUT2D eigenvalue weighted by molar-refractivity contribution is 6.19. The van der Waals surface area contributed by atoms with Crippen LogP contribution in [0.5, 0.6) is 5.75 Å². The minimum absolute atomic E-state index is 0.0301. The molecular weight excluding hydrogens is 220 g/mol. The van der Waals surface area contributed by atoms with Crippen molar-refractivity contribution in [2.24, 2.45) is 0 Å². The van der Waals surface area contributed by atoms with Crippen LogP contribution in [0.15, 0.2) is 29.8 Å². The zero-order valence-corrected chi connectivity index (χ0v) is 9.77. The minimum atomic E-state index is -0.650. The Morgan fingerprint density at radius 3 is 2.65 bits per heavy atom. The van der Waals surface area contributed by atoms with Gasteiger partial charge in [-0.1, -0.05) is 12.1 Å². The van der Waals surface area contributed by atoms with Gasteiger partial charge in [0.25, 0.3) is 0 Å². The summed E-state index contributed by atoms with van der Waals surface area (Å²) in [6.45, 7) is 3.18. The van der Waals surface area contributed by atoms with Gasteiger partial charge in [0.05, 0.1) is 6.61 Å². The molecule has 0 saturated heterocycles. The second-order valence-corrected chi connectivity index (χ2v) is 3.43. The van der Waals surface area contributed by atoms with Gasteiger partial charge in [-0.2, -0.15) is 0 Å². The molecule has 17 heavy (non-hydrogen) atoms. The summed E-state index contributed by atoms with van der Waals surface area (Å²) in [5.41, 5.74) is 0.542. The normalized spacial score (nSPS) is 11.1. The molecule has 0 unspecified atom stereocenters. The number of hydrogen-bond donors (Lipinski definition) is 1. The Labute approximate surface area is 99.5 Å². The third kappa shape index (κ3) is 3.75. The van der Waals surface area contributed by atoms with E-state index in [2.05, 4.69) is 0 Å². The van der Waals surface area contributed by atoms with E-state index >= 15 is 0 Å². The second-order valence-electron chi connectivity index (χ2n) is 3.43. The molecule has 1 aromatic carbocycles. The van der Waals surface area contributed by atoms with Gasteiger partial charge in [-0.25, -0.2) is 4.79 Å². The van der Waals surface area contributed by atoms with Crippen molar-refractivity contribution in [3.8, 4) is 5.75 Å². The number of ketones is 1. The van der Waals surface area contributed by atoms with Crippen molar-refractivity contribution in [1.29, 1.82) is 0 Å². The minimum Gasteiger partial charge on any atom is -0.508 e. The van der Waals surface area contributed by atoms with E-state index in [9.17, 15) is 14.7 Å². The number of rotatable bonds is 4. The van der Waals surface area contributed by atoms with Gasteiger partial charge in [0.2, 0.25) is 0 Å². The van der Waals surface area contributed by atoms with Gasteiger partial charge in [0.15, 0.2) is 5.78 Å². The summed E-state index contributed by atoms with van der Waals surface area (Å²) in [4.78, 5) is 22.8. The molecule has 0 aromatic heterocycles. The van der Waals surface area contributed by atoms with Crippen LogP contribution in [0.3, 0.4) is 0 Å². The van der Waals surface area contributed by atoms with Gasteiger partial charge in [-0.3, -0.25) is 4.79 Å². The number of phenols is 1. The summed E-state index contributed by atoms with van der Waals surface area (Å²) in [7, 11) is 0. The summed E-state index contributed by atoms with van der Waals surface area (Å²) < 4.78 is 4.78. The van der Waals surface area contributed by atoms with E-state index in [1.165, 1.54) is 25.1 Å². The molecule has 0 aliphatic carbocycles. The monoisotopic (exact) mass is 234 g/mol. The van der Waals surface area contributed by atoms with E-state index in [1.807, 2.05) is 0 Å². The maximum absolute atomic E-state index is 11.5. The summed E-state index contributed by atoms with van der Waals surface area (Å²) in [6.07, 6.45) is 1.40. The van der Waals surface area contributed by atoms with Gasteiger partial charge in [-0.15, -0.1) is 0 Å². The number of benzene rings is 1. The number of hydrogen-bond acceptors (Lipinski definition) is 4. The van der Waals surface area contributed by atoms with Crippen LogP contribution in [0.25, 0.3) is 6.08 Å². The average Bonchev–Trinajstić information content (AvgIpc) is 2.26. The van der Waals surface area contributed by atoms with Gasteiger partial charge in [-0.05, 0) is 37.6 Å². The first kappa shape index (κ1) is 13.0. The molecule has 0 fully saturated rings. The van der Waals surface area contributed by atoms with Gasteiger partial charge < -0.3 is 9.84 Å². The van der Waals surface area contributed by atoms with Crippen LogP contribution >= 0.6 is 0 Å². The highest BCUT2D eigenvalue weighted by Crippen LogP contribution is 2.15. The fourth-order valence-electron chi connectivity index (χ4n) is 1.29. The number of esters is 1. The van der Waals surface area contributed by atoms with Crippen LogP contribution in [0.4, 0.5) is 0 Å². The molecule has 0 aliphatic heterocycles. The maximum Gasteiger partial charge on any atom is 0.341 e. The lowest BCUT2D eigenvalue weighted by Crippen LogP contribution is -2.13. The van der Waals surface area contributed by atoms with Crippen LogP contribution in [0.1, 0.15) is 19.4 Å². The molecule has 4 nitrogen and oxygen atoms in total. The lowest BCUT2D eigenvalue weighted by Gasteiger charge is -2.03. The Hall–Kier alpha value is -2.10. The van der Waals surface area contributed by atoms with Gasteiger partial charge in [0, 0.05) is 0 Å². The van der Waals surface area contributed by atoms with Crippen LogP contribution in [-0.2, 0) is 14.3 Å². The second kappa shape index (κ2) is 5.84. The van der Waals surface area contributed by atoms with E-state index in [4.69, 9.17) is 4.74 Å². The topological polar surface area (TPSA) is 63.6 Å². The zero-order valence-electron chi connectivity index (χ0n) is 9.77.